The van der Waals surface area contributed by atoms with Crippen LogP contribution < -0.4 is 5.73 Å². The summed E-state index contributed by atoms with van der Waals surface area (Å²) in [4.78, 5) is 14.0. The average Bonchev–Trinajstić information content (AvgIpc) is 2.33. The molecule has 0 fully saturated rings. The lowest BCUT2D eigenvalue weighted by Gasteiger charge is -2.20. The van der Waals surface area contributed by atoms with Crippen molar-refractivity contribution < 1.29 is 13.2 Å². The summed E-state index contributed by atoms with van der Waals surface area (Å²) in [5, 5.41) is 0. The summed E-state index contributed by atoms with van der Waals surface area (Å²) in [6.07, 6.45) is 1.94. The second-order valence-corrected chi connectivity index (χ2v) is 6.46. The third kappa shape index (κ3) is 3.96. The maximum Gasteiger partial charge on any atom is 0.253 e. The van der Waals surface area contributed by atoms with Gasteiger partial charge in [-0.15, -0.1) is 0 Å². The molecule has 1 amide bonds. The maximum atomic E-state index is 12.3. The lowest BCUT2D eigenvalue weighted by atomic mass is 10.1. The van der Waals surface area contributed by atoms with E-state index in [1.54, 1.807) is 4.90 Å². The monoisotopic (exact) mass is 284 g/mol. The highest BCUT2D eigenvalue weighted by molar-refractivity contribution is 7.90. The molecule has 0 bridgehead atoms. The minimum atomic E-state index is -3.38. The fourth-order valence-electron chi connectivity index (χ4n) is 1.82. The summed E-state index contributed by atoms with van der Waals surface area (Å²) in [7, 11) is -3.38. The van der Waals surface area contributed by atoms with Crippen LogP contribution in [0.3, 0.4) is 0 Å². The van der Waals surface area contributed by atoms with Gasteiger partial charge in [0.1, 0.15) is 0 Å². The molecule has 2 N–H and O–H groups in total. The van der Waals surface area contributed by atoms with E-state index in [1.165, 1.54) is 18.2 Å². The van der Waals surface area contributed by atoms with E-state index in [0.29, 0.717) is 18.7 Å². The highest BCUT2D eigenvalue weighted by atomic mass is 32.2. The fraction of sp³-hybridized carbons (Fsp3) is 0.462. The third-order valence-corrected chi connectivity index (χ3v) is 3.86. The summed E-state index contributed by atoms with van der Waals surface area (Å²) in [5.41, 5.74) is 6.27. The van der Waals surface area contributed by atoms with E-state index in [9.17, 15) is 13.2 Å². The van der Waals surface area contributed by atoms with Gasteiger partial charge in [-0.1, -0.05) is 6.92 Å². The number of anilines is 1. The van der Waals surface area contributed by atoms with Crippen molar-refractivity contribution in [3.8, 4) is 0 Å². The zero-order valence-corrected chi connectivity index (χ0v) is 12.3. The standard InChI is InChI=1S/C13H20N2O3S/c1-4-6-15(5-2)13(16)10-7-11(14)9-12(8-10)19(3,17)18/h7-9H,4-6,14H2,1-3H3. The number of carbonyl (C=O) groups is 1. The summed E-state index contributed by atoms with van der Waals surface area (Å²) < 4.78 is 23.1. The van der Waals surface area contributed by atoms with E-state index in [4.69, 9.17) is 5.73 Å². The SMILES string of the molecule is CCCN(CC)C(=O)c1cc(N)cc(S(C)(=O)=O)c1. The number of amides is 1. The molecule has 0 aliphatic carbocycles. The Hall–Kier alpha value is -1.56. The highest BCUT2D eigenvalue weighted by Crippen LogP contribution is 2.18. The quantitative estimate of drug-likeness (QED) is 0.832. The van der Waals surface area contributed by atoms with Crippen molar-refractivity contribution in [2.75, 3.05) is 25.1 Å². The number of hydrogen-bond acceptors (Lipinski definition) is 4. The Balaban J connectivity index is 3.20. The van der Waals surface area contributed by atoms with Crippen molar-refractivity contribution in [2.45, 2.75) is 25.2 Å². The predicted octanol–water partition coefficient (Wildman–Crippen LogP) is 1.54. The van der Waals surface area contributed by atoms with E-state index >= 15 is 0 Å². The van der Waals surface area contributed by atoms with E-state index in [2.05, 4.69) is 0 Å². The lowest BCUT2D eigenvalue weighted by Crippen LogP contribution is -2.31. The van der Waals surface area contributed by atoms with Crippen molar-refractivity contribution in [3.63, 3.8) is 0 Å². The number of rotatable bonds is 5. The lowest BCUT2D eigenvalue weighted by molar-refractivity contribution is 0.0764. The van der Waals surface area contributed by atoms with Gasteiger partial charge in [0, 0.05) is 30.6 Å². The van der Waals surface area contributed by atoms with Gasteiger partial charge in [0.15, 0.2) is 9.84 Å². The van der Waals surface area contributed by atoms with Crippen LogP contribution in [0.1, 0.15) is 30.6 Å². The Morgan fingerprint density at radius 1 is 1.26 bits per heavy atom. The van der Waals surface area contributed by atoms with Crippen molar-refractivity contribution in [1.82, 2.24) is 4.90 Å². The van der Waals surface area contributed by atoms with Crippen molar-refractivity contribution >= 4 is 21.4 Å². The number of nitrogens with two attached hydrogens (primary N) is 1. The van der Waals surface area contributed by atoms with Crippen molar-refractivity contribution in [1.29, 1.82) is 0 Å². The van der Waals surface area contributed by atoms with Crippen LogP contribution in [0, 0.1) is 0 Å². The number of sulfone groups is 1. The normalized spacial score (nSPS) is 11.3. The molecule has 0 saturated carbocycles. The zero-order valence-electron chi connectivity index (χ0n) is 11.5. The van der Waals surface area contributed by atoms with Gasteiger partial charge in [-0.25, -0.2) is 8.42 Å². The second kappa shape index (κ2) is 6.06. The molecule has 0 atom stereocenters. The molecule has 0 aromatic heterocycles. The number of nitrogen functional groups attached to an aromatic ring is 1. The number of benzene rings is 1. The molecule has 1 aromatic rings. The van der Waals surface area contributed by atoms with Crippen LogP contribution in [0.4, 0.5) is 5.69 Å². The first kappa shape index (κ1) is 15.5. The summed E-state index contributed by atoms with van der Waals surface area (Å²) in [5.74, 6) is -0.193. The maximum absolute atomic E-state index is 12.3. The van der Waals surface area contributed by atoms with Crippen LogP contribution in [0.25, 0.3) is 0 Å². The third-order valence-electron chi connectivity index (χ3n) is 2.77. The van der Waals surface area contributed by atoms with E-state index in [-0.39, 0.29) is 16.5 Å². The molecule has 19 heavy (non-hydrogen) atoms. The molecule has 6 heteroatoms. The van der Waals surface area contributed by atoms with Crippen LogP contribution in [-0.2, 0) is 9.84 Å². The van der Waals surface area contributed by atoms with Gasteiger partial charge in [-0.2, -0.15) is 0 Å². The average molecular weight is 284 g/mol. The van der Waals surface area contributed by atoms with Crippen molar-refractivity contribution in [3.05, 3.63) is 23.8 Å². The zero-order chi connectivity index (χ0) is 14.6. The van der Waals surface area contributed by atoms with Crippen LogP contribution >= 0.6 is 0 Å². The van der Waals surface area contributed by atoms with Gasteiger partial charge in [-0.3, -0.25) is 4.79 Å². The molecule has 0 aliphatic rings. The van der Waals surface area contributed by atoms with Crippen LogP contribution in [0.2, 0.25) is 0 Å². The molecule has 0 saturated heterocycles. The minimum Gasteiger partial charge on any atom is -0.399 e. The molecule has 106 valence electrons. The Labute approximate surface area is 114 Å². The minimum absolute atomic E-state index is 0.0726. The Morgan fingerprint density at radius 3 is 2.37 bits per heavy atom. The molecule has 0 radical (unpaired) electrons. The molecule has 0 aliphatic heterocycles. The number of carbonyl (C=O) groups excluding carboxylic acids is 1. The first-order valence-corrected chi connectivity index (χ1v) is 8.08. The van der Waals surface area contributed by atoms with Gasteiger partial charge in [0.05, 0.1) is 4.90 Å². The predicted molar refractivity (Wildman–Crippen MR) is 75.8 cm³/mol. The summed E-state index contributed by atoms with van der Waals surface area (Å²) >= 11 is 0. The summed E-state index contributed by atoms with van der Waals surface area (Å²) in [6, 6.07) is 4.25. The topological polar surface area (TPSA) is 80.5 Å². The molecular formula is C13H20N2O3S. The van der Waals surface area contributed by atoms with Gasteiger partial charge in [0.2, 0.25) is 0 Å². The molecular weight excluding hydrogens is 264 g/mol. The molecule has 0 heterocycles. The summed E-state index contributed by atoms with van der Waals surface area (Å²) in [6.45, 7) is 5.09. The molecule has 0 unspecified atom stereocenters. The second-order valence-electron chi connectivity index (χ2n) is 4.45. The van der Waals surface area contributed by atoms with Gasteiger partial charge in [0.25, 0.3) is 5.91 Å². The van der Waals surface area contributed by atoms with E-state index in [1.807, 2.05) is 13.8 Å². The molecule has 5 nitrogen and oxygen atoms in total. The number of hydrogen-bond donors (Lipinski definition) is 1. The largest absolute Gasteiger partial charge is 0.399 e. The molecule has 1 rings (SSSR count). The van der Waals surface area contributed by atoms with Crippen LogP contribution in [0.5, 0.6) is 0 Å². The van der Waals surface area contributed by atoms with Gasteiger partial charge < -0.3 is 10.6 Å². The van der Waals surface area contributed by atoms with E-state index < -0.39 is 9.84 Å². The Morgan fingerprint density at radius 2 is 1.89 bits per heavy atom. The van der Waals surface area contributed by atoms with E-state index in [0.717, 1.165) is 12.7 Å². The van der Waals surface area contributed by atoms with Gasteiger partial charge in [-0.05, 0) is 31.5 Å². The first-order valence-electron chi connectivity index (χ1n) is 6.19. The highest BCUT2D eigenvalue weighted by Gasteiger charge is 2.17. The fourth-order valence-corrected chi connectivity index (χ4v) is 2.51. The molecule has 1 aromatic carbocycles. The molecule has 0 spiro atoms. The Bertz CT molecular complexity index is 567. The number of nitrogens with zero attached hydrogens (tertiary/aromatic N) is 1. The Kier molecular flexibility index (Phi) is 4.94. The first-order chi connectivity index (χ1) is 8.79. The van der Waals surface area contributed by atoms with Crippen molar-refractivity contribution in [2.24, 2.45) is 0 Å². The van der Waals surface area contributed by atoms with Gasteiger partial charge >= 0.3 is 0 Å². The smallest absolute Gasteiger partial charge is 0.253 e. The van der Waals surface area contributed by atoms with Crippen LogP contribution in [0.15, 0.2) is 23.1 Å². The van der Waals surface area contributed by atoms with Crippen LogP contribution in [-0.4, -0.2) is 38.6 Å².